The molecular weight excluding hydrogens is 246 g/mol. The summed E-state index contributed by atoms with van der Waals surface area (Å²) in [6, 6.07) is 9.23. The Balaban J connectivity index is 1.78. The first kappa shape index (κ1) is 13.9. The highest BCUT2D eigenvalue weighted by Gasteiger charge is 2.25. The number of ether oxygens (including phenoxy) is 1. The molecule has 1 N–H and O–H groups in total. The van der Waals surface area contributed by atoms with E-state index in [0.29, 0.717) is 18.2 Å². The third kappa shape index (κ3) is 3.98. The van der Waals surface area contributed by atoms with Crippen molar-refractivity contribution in [1.29, 1.82) is 0 Å². The van der Waals surface area contributed by atoms with Crippen LogP contribution in [-0.2, 0) is 11.2 Å². The van der Waals surface area contributed by atoms with Crippen LogP contribution in [0.5, 0.6) is 0 Å². The van der Waals surface area contributed by atoms with E-state index >= 15 is 0 Å². The molecule has 3 unspecified atom stereocenters. The lowest BCUT2D eigenvalue weighted by Gasteiger charge is -2.19. The Morgan fingerprint density at radius 3 is 2.67 bits per heavy atom. The van der Waals surface area contributed by atoms with Gasteiger partial charge >= 0.3 is 0 Å². The standard InChI is InChI=1S/C15H22ClNO/c1-11(9-12-3-5-13(16)6-4-12)17-14-7-8-15(10-14)18-2/h3-6,11,14-15,17H,7-10H2,1-2H3. The zero-order valence-electron chi connectivity index (χ0n) is 11.2. The molecule has 1 aliphatic rings. The van der Waals surface area contributed by atoms with Gasteiger partial charge in [0.05, 0.1) is 6.10 Å². The minimum Gasteiger partial charge on any atom is -0.381 e. The number of methoxy groups -OCH3 is 1. The number of hydrogen-bond donors (Lipinski definition) is 1. The molecule has 0 aliphatic heterocycles. The van der Waals surface area contributed by atoms with Crippen molar-refractivity contribution in [3.05, 3.63) is 34.9 Å². The summed E-state index contributed by atoms with van der Waals surface area (Å²) in [5.74, 6) is 0. The Labute approximate surface area is 115 Å². The monoisotopic (exact) mass is 267 g/mol. The molecule has 2 rings (SSSR count). The van der Waals surface area contributed by atoms with Crippen molar-refractivity contribution in [1.82, 2.24) is 5.32 Å². The smallest absolute Gasteiger partial charge is 0.0586 e. The number of benzene rings is 1. The molecule has 3 heteroatoms. The normalized spacial score (nSPS) is 25.3. The van der Waals surface area contributed by atoms with E-state index in [9.17, 15) is 0 Å². The minimum atomic E-state index is 0.449. The SMILES string of the molecule is COC1CCC(NC(C)Cc2ccc(Cl)cc2)C1. The molecule has 100 valence electrons. The maximum atomic E-state index is 5.89. The molecule has 1 fully saturated rings. The number of nitrogens with one attached hydrogen (secondary N) is 1. The fourth-order valence-electron chi connectivity index (χ4n) is 2.74. The second-order valence-electron chi connectivity index (χ2n) is 5.27. The van der Waals surface area contributed by atoms with Gasteiger partial charge in [0.1, 0.15) is 0 Å². The molecule has 18 heavy (non-hydrogen) atoms. The molecule has 0 radical (unpaired) electrons. The van der Waals surface area contributed by atoms with Crippen molar-refractivity contribution in [2.45, 2.75) is 50.8 Å². The highest BCUT2D eigenvalue weighted by molar-refractivity contribution is 6.30. The van der Waals surface area contributed by atoms with E-state index in [-0.39, 0.29) is 0 Å². The van der Waals surface area contributed by atoms with E-state index < -0.39 is 0 Å². The van der Waals surface area contributed by atoms with Crippen molar-refractivity contribution in [3.63, 3.8) is 0 Å². The van der Waals surface area contributed by atoms with Gasteiger partial charge < -0.3 is 10.1 Å². The van der Waals surface area contributed by atoms with Gasteiger partial charge in [0.15, 0.2) is 0 Å². The fraction of sp³-hybridized carbons (Fsp3) is 0.600. The average molecular weight is 268 g/mol. The summed E-state index contributed by atoms with van der Waals surface area (Å²) < 4.78 is 5.40. The summed E-state index contributed by atoms with van der Waals surface area (Å²) >= 11 is 5.89. The van der Waals surface area contributed by atoms with Gasteiger partial charge in [0, 0.05) is 24.2 Å². The third-order valence-corrected chi connectivity index (χ3v) is 3.95. The van der Waals surface area contributed by atoms with Crippen LogP contribution >= 0.6 is 11.6 Å². The largest absolute Gasteiger partial charge is 0.381 e. The molecule has 0 aromatic heterocycles. The van der Waals surface area contributed by atoms with Crippen LogP contribution in [0, 0.1) is 0 Å². The van der Waals surface area contributed by atoms with Crippen LogP contribution in [-0.4, -0.2) is 25.3 Å². The Kier molecular flexibility index (Phi) is 5.04. The van der Waals surface area contributed by atoms with Crippen molar-refractivity contribution in [2.24, 2.45) is 0 Å². The zero-order valence-corrected chi connectivity index (χ0v) is 11.9. The first-order chi connectivity index (χ1) is 8.67. The summed E-state index contributed by atoms with van der Waals surface area (Å²) in [5, 5.41) is 4.50. The van der Waals surface area contributed by atoms with Gasteiger partial charge in [-0.1, -0.05) is 23.7 Å². The Morgan fingerprint density at radius 1 is 1.33 bits per heavy atom. The van der Waals surface area contributed by atoms with E-state index in [1.807, 2.05) is 19.2 Å². The highest BCUT2D eigenvalue weighted by atomic mass is 35.5. The van der Waals surface area contributed by atoms with E-state index in [1.54, 1.807) is 0 Å². The summed E-state index contributed by atoms with van der Waals surface area (Å²) in [6.07, 6.45) is 5.04. The Morgan fingerprint density at radius 2 is 2.06 bits per heavy atom. The molecule has 0 amide bonds. The molecule has 1 aromatic carbocycles. The van der Waals surface area contributed by atoms with E-state index in [0.717, 1.165) is 17.9 Å². The number of halogens is 1. The van der Waals surface area contributed by atoms with Crippen molar-refractivity contribution in [2.75, 3.05) is 7.11 Å². The predicted molar refractivity (Wildman–Crippen MR) is 76.2 cm³/mol. The van der Waals surface area contributed by atoms with Gasteiger partial charge in [-0.3, -0.25) is 0 Å². The molecule has 2 nitrogen and oxygen atoms in total. The van der Waals surface area contributed by atoms with Crippen LogP contribution < -0.4 is 5.32 Å². The van der Waals surface area contributed by atoms with Crippen LogP contribution in [0.3, 0.4) is 0 Å². The van der Waals surface area contributed by atoms with Crippen LogP contribution in [0.25, 0.3) is 0 Å². The maximum absolute atomic E-state index is 5.89. The van der Waals surface area contributed by atoms with Gasteiger partial charge in [-0.15, -0.1) is 0 Å². The summed E-state index contributed by atoms with van der Waals surface area (Å²) in [7, 11) is 1.81. The first-order valence-electron chi connectivity index (χ1n) is 6.70. The fourth-order valence-corrected chi connectivity index (χ4v) is 2.87. The summed E-state index contributed by atoms with van der Waals surface area (Å²) in [4.78, 5) is 0. The Bertz CT molecular complexity index is 365. The second kappa shape index (κ2) is 6.55. The lowest BCUT2D eigenvalue weighted by molar-refractivity contribution is 0.106. The number of hydrogen-bond acceptors (Lipinski definition) is 2. The molecule has 3 atom stereocenters. The van der Waals surface area contributed by atoms with Gasteiger partial charge in [-0.05, 0) is 50.3 Å². The molecule has 0 heterocycles. The molecule has 1 saturated carbocycles. The molecule has 1 aromatic rings. The van der Waals surface area contributed by atoms with Crippen LogP contribution in [0.4, 0.5) is 0 Å². The Hall–Kier alpha value is -0.570. The quantitative estimate of drug-likeness (QED) is 0.883. The molecule has 1 aliphatic carbocycles. The maximum Gasteiger partial charge on any atom is 0.0586 e. The van der Waals surface area contributed by atoms with Crippen LogP contribution in [0.1, 0.15) is 31.7 Å². The highest BCUT2D eigenvalue weighted by Crippen LogP contribution is 2.22. The van der Waals surface area contributed by atoms with E-state index in [4.69, 9.17) is 16.3 Å². The summed E-state index contributed by atoms with van der Waals surface area (Å²) in [6.45, 7) is 2.24. The topological polar surface area (TPSA) is 21.3 Å². The summed E-state index contributed by atoms with van der Waals surface area (Å²) in [5.41, 5.74) is 1.33. The third-order valence-electron chi connectivity index (χ3n) is 3.69. The van der Waals surface area contributed by atoms with Gasteiger partial charge in [-0.2, -0.15) is 0 Å². The van der Waals surface area contributed by atoms with Gasteiger partial charge in [0.2, 0.25) is 0 Å². The van der Waals surface area contributed by atoms with E-state index in [2.05, 4.69) is 24.4 Å². The minimum absolute atomic E-state index is 0.449. The zero-order chi connectivity index (χ0) is 13.0. The van der Waals surface area contributed by atoms with Crippen LogP contribution in [0.15, 0.2) is 24.3 Å². The van der Waals surface area contributed by atoms with Gasteiger partial charge in [0.25, 0.3) is 0 Å². The van der Waals surface area contributed by atoms with Gasteiger partial charge in [-0.25, -0.2) is 0 Å². The molecular formula is C15H22ClNO. The first-order valence-corrected chi connectivity index (χ1v) is 7.08. The molecule has 0 spiro atoms. The van der Waals surface area contributed by atoms with E-state index in [1.165, 1.54) is 18.4 Å². The second-order valence-corrected chi connectivity index (χ2v) is 5.70. The molecule has 0 saturated heterocycles. The lowest BCUT2D eigenvalue weighted by atomic mass is 10.1. The van der Waals surface area contributed by atoms with Crippen molar-refractivity contribution in [3.8, 4) is 0 Å². The average Bonchev–Trinajstić information content (AvgIpc) is 2.79. The van der Waals surface area contributed by atoms with Crippen molar-refractivity contribution >= 4 is 11.6 Å². The number of rotatable bonds is 5. The predicted octanol–water partition coefficient (Wildman–Crippen LogP) is 3.43. The van der Waals surface area contributed by atoms with Crippen LogP contribution in [0.2, 0.25) is 5.02 Å². The lowest BCUT2D eigenvalue weighted by Crippen LogP contribution is -2.36. The molecule has 0 bridgehead atoms. The van der Waals surface area contributed by atoms with Crippen molar-refractivity contribution < 1.29 is 4.74 Å².